The molecule has 0 fully saturated rings. The van der Waals surface area contributed by atoms with Crippen LogP contribution in [0.15, 0.2) is 11.0 Å². The molecule has 0 aromatic carbocycles. The van der Waals surface area contributed by atoms with Crippen LogP contribution in [0, 0.1) is 0 Å². The van der Waals surface area contributed by atoms with E-state index in [0.717, 1.165) is 6.04 Å². The Morgan fingerprint density at radius 1 is 1.45 bits per heavy atom. The summed E-state index contributed by atoms with van der Waals surface area (Å²) in [5, 5.41) is 13.0. The zero-order valence-electron chi connectivity index (χ0n) is 12.4. The van der Waals surface area contributed by atoms with Gasteiger partial charge < -0.3 is 9.84 Å². The number of hydrogen-bond acceptors (Lipinski definition) is 4. The fourth-order valence-corrected chi connectivity index (χ4v) is 2.56. The van der Waals surface area contributed by atoms with Crippen molar-refractivity contribution in [3.05, 3.63) is 27.1 Å². The molecule has 20 heavy (non-hydrogen) atoms. The number of aromatic nitrogens is 2. The van der Waals surface area contributed by atoms with Crippen LogP contribution in [-0.4, -0.2) is 36.2 Å². The summed E-state index contributed by atoms with van der Waals surface area (Å²) in [4.78, 5) is 12.0. The van der Waals surface area contributed by atoms with E-state index < -0.39 is 8.07 Å². The SMILES string of the molecule is C[Si](C)(C)CCOCn1ncc(CCCO)c(Cl)c1=O. The van der Waals surface area contributed by atoms with Crippen molar-refractivity contribution < 1.29 is 9.84 Å². The van der Waals surface area contributed by atoms with E-state index in [9.17, 15) is 4.79 Å². The number of halogens is 1. The molecule has 0 aliphatic carbocycles. The predicted molar refractivity (Wildman–Crippen MR) is 83.0 cm³/mol. The van der Waals surface area contributed by atoms with Crippen molar-refractivity contribution in [1.82, 2.24) is 9.78 Å². The first-order valence-corrected chi connectivity index (χ1v) is 10.9. The van der Waals surface area contributed by atoms with Crippen molar-refractivity contribution in [2.45, 2.75) is 45.3 Å². The third kappa shape index (κ3) is 5.74. The summed E-state index contributed by atoms with van der Waals surface area (Å²) in [7, 11) is -1.13. The van der Waals surface area contributed by atoms with Gasteiger partial charge in [0.2, 0.25) is 0 Å². The number of rotatable bonds is 8. The van der Waals surface area contributed by atoms with Gasteiger partial charge in [-0.25, -0.2) is 4.68 Å². The average molecular weight is 319 g/mol. The van der Waals surface area contributed by atoms with Gasteiger partial charge in [0.15, 0.2) is 0 Å². The Kier molecular flexibility index (Phi) is 6.88. The average Bonchev–Trinajstić information content (AvgIpc) is 2.37. The zero-order valence-corrected chi connectivity index (χ0v) is 14.1. The van der Waals surface area contributed by atoms with Crippen LogP contribution in [0.3, 0.4) is 0 Å². The molecule has 0 saturated carbocycles. The number of aliphatic hydroxyl groups excluding tert-OH is 1. The Morgan fingerprint density at radius 2 is 2.15 bits per heavy atom. The summed E-state index contributed by atoms with van der Waals surface area (Å²) in [6.07, 6.45) is 2.69. The Balaban J connectivity index is 2.59. The second-order valence-electron chi connectivity index (χ2n) is 5.96. The minimum Gasteiger partial charge on any atom is -0.396 e. The molecule has 0 aliphatic rings. The van der Waals surface area contributed by atoms with Gasteiger partial charge in [-0.3, -0.25) is 4.79 Å². The lowest BCUT2D eigenvalue weighted by Gasteiger charge is -2.15. The molecule has 5 nitrogen and oxygen atoms in total. The molecule has 0 spiro atoms. The van der Waals surface area contributed by atoms with Crippen LogP contribution >= 0.6 is 11.6 Å². The van der Waals surface area contributed by atoms with E-state index in [1.54, 1.807) is 6.20 Å². The molecule has 1 heterocycles. The third-order valence-corrected chi connectivity index (χ3v) is 4.98. The molecule has 0 bridgehead atoms. The second-order valence-corrected chi connectivity index (χ2v) is 12.0. The van der Waals surface area contributed by atoms with E-state index in [2.05, 4.69) is 24.7 Å². The van der Waals surface area contributed by atoms with E-state index in [1.807, 2.05) is 0 Å². The Hall–Kier alpha value is -0.693. The lowest BCUT2D eigenvalue weighted by Crippen LogP contribution is -2.27. The summed E-state index contributed by atoms with van der Waals surface area (Å²) in [6, 6.07) is 1.05. The molecule has 0 radical (unpaired) electrons. The van der Waals surface area contributed by atoms with Gasteiger partial charge in [-0.2, -0.15) is 5.10 Å². The monoisotopic (exact) mass is 318 g/mol. The zero-order chi connectivity index (χ0) is 15.2. The molecule has 0 amide bonds. The van der Waals surface area contributed by atoms with Gasteiger partial charge in [0.1, 0.15) is 11.8 Å². The molecule has 1 aromatic rings. The summed E-state index contributed by atoms with van der Waals surface area (Å²) in [6.45, 7) is 7.64. The maximum Gasteiger partial charge on any atom is 0.287 e. The van der Waals surface area contributed by atoms with Gasteiger partial charge in [0.05, 0.1) is 6.20 Å². The molecule has 1 N–H and O–H groups in total. The maximum absolute atomic E-state index is 12.0. The van der Waals surface area contributed by atoms with Crippen LogP contribution in [0.2, 0.25) is 30.7 Å². The number of hydrogen-bond donors (Lipinski definition) is 1. The van der Waals surface area contributed by atoms with E-state index >= 15 is 0 Å². The fourth-order valence-electron chi connectivity index (χ4n) is 1.56. The minimum absolute atomic E-state index is 0.0687. The lowest BCUT2D eigenvalue weighted by molar-refractivity contribution is 0.0749. The predicted octanol–water partition coefficient (Wildman–Crippen LogP) is 2.13. The topological polar surface area (TPSA) is 64.3 Å². The smallest absolute Gasteiger partial charge is 0.287 e. The van der Waals surface area contributed by atoms with E-state index in [4.69, 9.17) is 21.4 Å². The Labute approximate surface area is 125 Å². The lowest BCUT2D eigenvalue weighted by atomic mass is 10.2. The second kappa shape index (κ2) is 7.92. The van der Waals surface area contributed by atoms with Gasteiger partial charge in [-0.1, -0.05) is 31.2 Å². The third-order valence-electron chi connectivity index (χ3n) is 2.87. The molecule has 0 atom stereocenters. The molecule has 0 saturated heterocycles. The molecule has 0 unspecified atom stereocenters. The summed E-state index contributed by atoms with van der Waals surface area (Å²) >= 11 is 6.02. The van der Waals surface area contributed by atoms with Crippen LogP contribution < -0.4 is 5.56 Å². The first kappa shape index (κ1) is 17.4. The normalized spacial score (nSPS) is 11.8. The summed E-state index contributed by atoms with van der Waals surface area (Å²) < 4.78 is 6.72. The summed E-state index contributed by atoms with van der Waals surface area (Å²) in [5.41, 5.74) is 0.333. The van der Waals surface area contributed by atoms with E-state index in [1.165, 1.54) is 4.68 Å². The molecule has 1 rings (SSSR count). The largest absolute Gasteiger partial charge is 0.396 e. The van der Waals surface area contributed by atoms with Crippen molar-refractivity contribution in [2.24, 2.45) is 0 Å². The molecule has 1 aromatic heterocycles. The fraction of sp³-hybridized carbons (Fsp3) is 0.692. The molecular weight excluding hydrogens is 296 g/mol. The standard InChI is InChI=1S/C13H23ClN2O3Si/c1-20(2,3)8-7-19-10-16-13(18)12(14)11(9-15-16)5-4-6-17/h9,17H,4-8,10H2,1-3H3. The van der Waals surface area contributed by atoms with Crippen LogP contribution in [-0.2, 0) is 17.9 Å². The Morgan fingerprint density at radius 3 is 2.75 bits per heavy atom. The summed E-state index contributed by atoms with van der Waals surface area (Å²) in [5.74, 6) is 0. The highest BCUT2D eigenvalue weighted by Crippen LogP contribution is 2.11. The highest BCUT2D eigenvalue weighted by Gasteiger charge is 2.13. The Bertz CT molecular complexity index is 485. The van der Waals surface area contributed by atoms with Crippen LogP contribution in [0.5, 0.6) is 0 Å². The van der Waals surface area contributed by atoms with E-state index in [0.29, 0.717) is 25.0 Å². The van der Waals surface area contributed by atoms with Crippen LogP contribution in [0.4, 0.5) is 0 Å². The number of ether oxygens (including phenoxy) is 1. The maximum atomic E-state index is 12.0. The molecule has 0 aliphatic heterocycles. The number of nitrogens with zero attached hydrogens (tertiary/aromatic N) is 2. The van der Waals surface area contributed by atoms with Crippen molar-refractivity contribution >= 4 is 19.7 Å². The van der Waals surface area contributed by atoms with Gasteiger partial charge in [-0.05, 0) is 24.4 Å². The highest BCUT2D eigenvalue weighted by atomic mass is 35.5. The van der Waals surface area contributed by atoms with Crippen LogP contribution in [0.1, 0.15) is 12.0 Å². The number of aliphatic hydroxyl groups is 1. The molecule has 114 valence electrons. The van der Waals surface area contributed by atoms with Gasteiger partial charge in [-0.15, -0.1) is 0 Å². The van der Waals surface area contributed by atoms with Crippen LogP contribution in [0.25, 0.3) is 0 Å². The van der Waals surface area contributed by atoms with Crippen molar-refractivity contribution in [2.75, 3.05) is 13.2 Å². The van der Waals surface area contributed by atoms with Crippen molar-refractivity contribution in [3.8, 4) is 0 Å². The minimum atomic E-state index is -1.13. The highest BCUT2D eigenvalue weighted by molar-refractivity contribution is 6.76. The van der Waals surface area contributed by atoms with Crippen molar-refractivity contribution in [3.63, 3.8) is 0 Å². The number of aryl methyl sites for hydroxylation is 1. The van der Waals surface area contributed by atoms with Gasteiger partial charge >= 0.3 is 0 Å². The quantitative estimate of drug-likeness (QED) is 0.589. The van der Waals surface area contributed by atoms with E-state index in [-0.39, 0.29) is 23.9 Å². The molecule has 7 heteroatoms. The first-order chi connectivity index (χ1) is 9.35. The first-order valence-electron chi connectivity index (χ1n) is 6.78. The molecular formula is C13H23ClN2O3Si. The van der Waals surface area contributed by atoms with Gasteiger partial charge in [0.25, 0.3) is 5.56 Å². The van der Waals surface area contributed by atoms with Gasteiger partial charge in [0, 0.05) is 21.3 Å². The van der Waals surface area contributed by atoms with Crippen molar-refractivity contribution in [1.29, 1.82) is 0 Å².